The number of fused-ring (bicyclic) bond motifs is 2. The maximum absolute atomic E-state index is 12.2. The number of furan rings is 1. The van der Waals surface area contributed by atoms with Gasteiger partial charge in [-0.05, 0) is 67.2 Å². The molecular weight excluding hydrogens is 821 g/mol. The van der Waals surface area contributed by atoms with Gasteiger partial charge in [0.25, 0.3) is 0 Å². The Bertz CT molecular complexity index is 2010. The molecule has 3 heterocycles. The number of hydrogen-bond donors (Lipinski definition) is 1. The van der Waals surface area contributed by atoms with Gasteiger partial charge in [-0.25, -0.2) is 0 Å². The molecule has 6 heteroatoms. The van der Waals surface area contributed by atoms with Crippen molar-refractivity contribution in [2.45, 2.75) is 114 Å². The molecule has 281 valence electrons. The average Bonchev–Trinajstić information content (AvgIpc) is 3.51. The largest absolute Gasteiger partial charge is 0.512 e. The van der Waals surface area contributed by atoms with Crippen molar-refractivity contribution < 1.29 is 39.0 Å². The Labute approximate surface area is 326 Å². The summed E-state index contributed by atoms with van der Waals surface area (Å²) in [6, 6.07) is 20.7. The maximum atomic E-state index is 12.2. The van der Waals surface area contributed by atoms with Gasteiger partial charge in [-0.3, -0.25) is 9.78 Å². The number of ketones is 1. The molecule has 0 fully saturated rings. The van der Waals surface area contributed by atoms with E-state index >= 15 is 0 Å². The van der Waals surface area contributed by atoms with Crippen LogP contribution >= 0.6 is 0 Å². The van der Waals surface area contributed by atoms with Crippen molar-refractivity contribution in [3.63, 3.8) is 0 Å². The van der Waals surface area contributed by atoms with E-state index in [-0.39, 0.29) is 47.9 Å². The van der Waals surface area contributed by atoms with Crippen LogP contribution in [0.25, 0.3) is 44.3 Å². The smallest absolute Gasteiger partial charge is 0.164 e. The number of aliphatic hydroxyl groups is 1. The molecule has 0 unspecified atom stereocenters. The third kappa shape index (κ3) is 9.43. The number of rotatable bonds is 11. The van der Waals surface area contributed by atoms with Gasteiger partial charge in [-0.2, -0.15) is 0 Å². The van der Waals surface area contributed by atoms with Crippen LogP contribution in [0.15, 0.2) is 83.4 Å². The third-order valence-corrected chi connectivity index (χ3v) is 10.9. The summed E-state index contributed by atoms with van der Waals surface area (Å²) in [6.07, 6.45) is 11.5. The molecule has 2 aromatic carbocycles. The van der Waals surface area contributed by atoms with Gasteiger partial charge in [0.05, 0.1) is 12.5 Å². The molecule has 3 aromatic heterocycles. The zero-order valence-corrected chi connectivity index (χ0v) is 35.6. The molecular formula is C46H59IrN2O3-. The van der Waals surface area contributed by atoms with E-state index < -0.39 is 0 Å². The third-order valence-electron chi connectivity index (χ3n) is 10.9. The van der Waals surface area contributed by atoms with Crippen molar-refractivity contribution in [2.24, 2.45) is 16.7 Å². The van der Waals surface area contributed by atoms with Gasteiger partial charge in [0, 0.05) is 61.4 Å². The minimum absolute atomic E-state index is 0. The van der Waals surface area contributed by atoms with Crippen LogP contribution in [0.3, 0.4) is 0 Å². The van der Waals surface area contributed by atoms with E-state index in [1.54, 1.807) is 0 Å². The van der Waals surface area contributed by atoms with Crippen molar-refractivity contribution in [1.82, 2.24) is 4.98 Å². The van der Waals surface area contributed by atoms with Gasteiger partial charge in [-0.15, -0.1) is 29.1 Å². The van der Waals surface area contributed by atoms with E-state index in [0.29, 0.717) is 5.92 Å². The van der Waals surface area contributed by atoms with Gasteiger partial charge in [0.1, 0.15) is 17.0 Å². The fourth-order valence-corrected chi connectivity index (χ4v) is 6.32. The summed E-state index contributed by atoms with van der Waals surface area (Å²) < 4.78 is 7.78. The topological polar surface area (TPSA) is 67.2 Å². The molecule has 1 radical (unpaired) electrons. The number of carbonyl (C=O) groups is 1. The molecule has 0 bridgehead atoms. The molecule has 0 saturated heterocycles. The molecule has 52 heavy (non-hydrogen) atoms. The number of pyridine rings is 2. The van der Waals surface area contributed by atoms with Crippen LogP contribution in [0.5, 0.6) is 0 Å². The van der Waals surface area contributed by atoms with Gasteiger partial charge in [0.2, 0.25) is 0 Å². The Morgan fingerprint density at radius 1 is 0.942 bits per heavy atom. The summed E-state index contributed by atoms with van der Waals surface area (Å²) in [4.78, 5) is 16.9. The van der Waals surface area contributed by atoms with E-state index in [1.165, 1.54) is 22.6 Å². The van der Waals surface area contributed by atoms with E-state index in [1.807, 2.05) is 64.8 Å². The Balaban J connectivity index is 0.000000347. The zero-order valence-electron chi connectivity index (χ0n) is 33.2. The summed E-state index contributed by atoms with van der Waals surface area (Å²) >= 11 is 0. The Kier molecular flexibility index (Phi) is 14.3. The molecule has 0 aliphatic carbocycles. The van der Waals surface area contributed by atoms with Crippen molar-refractivity contribution in [1.29, 1.82) is 0 Å². The Hall–Kier alpha value is -3.73. The number of carbonyl (C=O) groups excluding carboxylic acids is 1. The molecule has 5 aromatic rings. The molecule has 0 aliphatic rings. The Morgan fingerprint density at radius 3 is 2.17 bits per heavy atom. The average molecular weight is 880 g/mol. The monoisotopic (exact) mass is 880 g/mol. The predicted molar refractivity (Wildman–Crippen MR) is 213 cm³/mol. The molecule has 0 saturated carbocycles. The van der Waals surface area contributed by atoms with Crippen molar-refractivity contribution >= 4 is 27.7 Å². The second-order valence-corrected chi connectivity index (χ2v) is 16.0. The van der Waals surface area contributed by atoms with Crippen molar-refractivity contribution in [3.8, 4) is 22.4 Å². The fourth-order valence-electron chi connectivity index (χ4n) is 6.32. The number of aromatic nitrogens is 2. The van der Waals surface area contributed by atoms with Crippen LogP contribution in [0.1, 0.15) is 113 Å². The van der Waals surface area contributed by atoms with Gasteiger partial charge in [0.15, 0.2) is 11.4 Å². The summed E-state index contributed by atoms with van der Waals surface area (Å²) in [7, 11) is 4.25. The first-order valence-electron chi connectivity index (χ1n) is 18.6. The first kappa shape index (κ1) is 42.7. The molecule has 1 N–H and O–H groups in total. The standard InChI is InChI=1S/C31H31N2O.C15H28O2.Ir/c1-20(2)13-25-19-34-29-17-24(18-32-30(25)29)21-11-12-33(6)28(16-21)23-14-22-9-7-8-10-26(22)27(15-23)31(3,4)5;1-7-14(5,8-2)12(16)11-13(17)15(6,9-3)10-4;/h7-12,15-20H,6,13H2,1-5H3;11,16H,7-10H2,1-6H3;/q-1;;/b;12-11-;. The first-order chi connectivity index (χ1) is 24.0. The maximum Gasteiger partial charge on any atom is 0.164 e. The van der Waals surface area contributed by atoms with Crippen LogP contribution in [-0.2, 0) is 36.7 Å². The predicted octanol–water partition coefficient (Wildman–Crippen LogP) is 12.2. The van der Waals surface area contributed by atoms with E-state index in [4.69, 9.17) is 9.40 Å². The van der Waals surface area contributed by atoms with Crippen LogP contribution in [0, 0.1) is 29.9 Å². The van der Waals surface area contributed by atoms with Crippen molar-refractivity contribution in [2.75, 3.05) is 0 Å². The minimum atomic E-state index is -0.337. The second kappa shape index (κ2) is 17.4. The van der Waals surface area contributed by atoms with E-state index in [0.717, 1.165) is 71.0 Å². The minimum Gasteiger partial charge on any atom is -0.512 e. The van der Waals surface area contributed by atoms with Gasteiger partial charge in [-0.1, -0.05) is 105 Å². The Morgan fingerprint density at radius 2 is 1.58 bits per heavy atom. The molecule has 5 rings (SSSR count). The normalized spacial score (nSPS) is 12.5. The van der Waals surface area contributed by atoms with Crippen molar-refractivity contribution in [3.05, 3.63) is 103 Å². The summed E-state index contributed by atoms with van der Waals surface area (Å²) in [5.74, 6) is 0.844. The molecule has 0 aliphatic heterocycles. The van der Waals surface area contributed by atoms with Gasteiger partial charge >= 0.3 is 0 Å². The molecule has 0 atom stereocenters. The van der Waals surface area contributed by atoms with E-state index in [2.05, 4.69) is 96.3 Å². The number of nitrogens with zero attached hydrogens (tertiary/aromatic N) is 2. The molecule has 5 nitrogen and oxygen atoms in total. The van der Waals surface area contributed by atoms with Crippen LogP contribution in [0.4, 0.5) is 0 Å². The van der Waals surface area contributed by atoms with E-state index in [9.17, 15) is 9.90 Å². The molecule has 0 amide bonds. The zero-order chi connectivity index (χ0) is 37.7. The number of hydrogen-bond acceptors (Lipinski definition) is 4. The number of aliphatic hydroxyl groups excluding tert-OH is 1. The molecule has 0 spiro atoms. The number of benzene rings is 2. The SMILES string of the molecule is CCC(C)(CC)C(=O)/C=C(\O)C(C)(CC)CC.[CH2-][n+]1ccc(-c2cnc3c(CC(C)C)coc3c2)cc1-c1[c-]c2ccccc2c(C(C)(C)C)c1.[Ir]. The summed E-state index contributed by atoms with van der Waals surface area (Å²) in [6.45, 7) is 23.3. The van der Waals surface area contributed by atoms with Crippen LogP contribution < -0.4 is 4.57 Å². The summed E-state index contributed by atoms with van der Waals surface area (Å²) in [5.41, 5.74) is 7.80. The number of allylic oxidation sites excluding steroid dienone is 2. The van der Waals surface area contributed by atoms with Crippen LogP contribution in [0.2, 0.25) is 0 Å². The first-order valence-corrected chi connectivity index (χ1v) is 18.6. The quantitative estimate of drug-likeness (QED) is 0.0621. The summed E-state index contributed by atoms with van der Waals surface area (Å²) in [5, 5.41) is 12.5. The second-order valence-electron chi connectivity index (χ2n) is 16.0. The fraction of sp³-hybridized carbons (Fsp3) is 0.435. The van der Waals surface area contributed by atoms with Crippen LogP contribution in [-0.4, -0.2) is 15.9 Å². The van der Waals surface area contributed by atoms with Gasteiger partial charge < -0.3 is 14.1 Å².